The number of hydrogen-bond acceptors (Lipinski definition) is 3. The monoisotopic (exact) mass is 343 g/mol. The number of carbonyl (C=O) groups excluding carboxylic acids is 1. The minimum atomic E-state index is -0.173. The van der Waals surface area contributed by atoms with Gasteiger partial charge in [-0.3, -0.25) is 4.79 Å². The number of unbranched alkanes of at least 4 members (excludes halogenated alkanes) is 1. The smallest absolute Gasteiger partial charge is 0.231 e. The van der Waals surface area contributed by atoms with Crippen LogP contribution in [0.3, 0.4) is 0 Å². The van der Waals surface area contributed by atoms with Crippen molar-refractivity contribution >= 4 is 33.6 Å². The summed E-state index contributed by atoms with van der Waals surface area (Å²) in [4.78, 5) is 12.1. The maximum Gasteiger partial charge on any atom is 0.231 e. The van der Waals surface area contributed by atoms with Gasteiger partial charge in [0.2, 0.25) is 5.91 Å². The summed E-state index contributed by atoms with van der Waals surface area (Å²) in [6.07, 6.45) is 4.28. The van der Waals surface area contributed by atoms with E-state index in [1.807, 2.05) is 30.0 Å². The molecule has 19 heavy (non-hydrogen) atoms. The molecule has 0 bridgehead atoms. The molecule has 0 saturated carbocycles. The van der Waals surface area contributed by atoms with Crippen LogP contribution in [0.25, 0.3) is 0 Å². The Balaban J connectivity index is 1.87. The van der Waals surface area contributed by atoms with Crippen LogP contribution in [0.5, 0.6) is 5.75 Å². The van der Waals surface area contributed by atoms with E-state index in [9.17, 15) is 4.79 Å². The van der Waals surface area contributed by atoms with Crippen LogP contribution in [0.15, 0.2) is 22.7 Å². The first-order chi connectivity index (χ1) is 9.22. The van der Waals surface area contributed by atoms with Gasteiger partial charge in [0, 0.05) is 16.6 Å². The minimum absolute atomic E-state index is 0.0704. The summed E-state index contributed by atoms with van der Waals surface area (Å²) in [6.45, 7) is 1.20. The number of ether oxygens (including phenoxy) is 1. The fourth-order valence-corrected chi connectivity index (χ4v) is 2.98. The van der Waals surface area contributed by atoms with Gasteiger partial charge in [0.05, 0.1) is 0 Å². The van der Waals surface area contributed by atoms with Gasteiger partial charge < -0.3 is 10.1 Å². The third-order valence-corrected chi connectivity index (χ3v) is 4.33. The van der Waals surface area contributed by atoms with Gasteiger partial charge >= 0.3 is 0 Å². The van der Waals surface area contributed by atoms with Crippen LogP contribution in [-0.4, -0.2) is 31.1 Å². The molecule has 2 rings (SSSR count). The summed E-state index contributed by atoms with van der Waals surface area (Å²) in [6, 6.07) is 5.81. The predicted molar refractivity (Wildman–Crippen MR) is 83.0 cm³/mol. The zero-order chi connectivity index (χ0) is 13.7. The van der Waals surface area contributed by atoms with Crippen molar-refractivity contribution < 1.29 is 9.53 Å². The molecule has 0 fully saturated rings. The molecule has 1 aliphatic rings. The molecule has 1 aromatic rings. The number of thioether (sulfide) groups is 1. The molecule has 5 heteroatoms. The van der Waals surface area contributed by atoms with Crippen LogP contribution in [0.4, 0.5) is 0 Å². The van der Waals surface area contributed by atoms with E-state index in [-0.39, 0.29) is 11.8 Å². The second-order valence-corrected chi connectivity index (χ2v) is 6.44. The van der Waals surface area contributed by atoms with Crippen LogP contribution in [0.2, 0.25) is 0 Å². The molecule has 0 unspecified atom stereocenters. The molecule has 1 amide bonds. The Kier molecular flexibility index (Phi) is 5.58. The Hall–Kier alpha value is -0.680. The first kappa shape index (κ1) is 14.7. The topological polar surface area (TPSA) is 38.3 Å². The maximum absolute atomic E-state index is 12.1. The van der Waals surface area contributed by atoms with Gasteiger partial charge in [-0.25, -0.2) is 0 Å². The molecule has 0 aliphatic carbocycles. The molecule has 104 valence electrons. The normalized spacial score (nSPS) is 16.8. The fourth-order valence-electron chi connectivity index (χ4n) is 2.11. The highest BCUT2D eigenvalue weighted by Gasteiger charge is 2.30. The molecular formula is C14H18BrNO2S. The lowest BCUT2D eigenvalue weighted by Crippen LogP contribution is -2.31. The number of benzene rings is 1. The molecule has 0 aromatic heterocycles. The van der Waals surface area contributed by atoms with Gasteiger partial charge in [-0.15, -0.1) is 0 Å². The Morgan fingerprint density at radius 2 is 2.37 bits per heavy atom. The molecule has 1 heterocycles. The van der Waals surface area contributed by atoms with Crippen molar-refractivity contribution in [3.8, 4) is 5.75 Å². The van der Waals surface area contributed by atoms with E-state index in [1.54, 1.807) is 0 Å². The standard InChI is InChI=1S/C14H18BrNO2S/c1-19-7-3-2-6-16-14(17)12-9-18-13-5-4-10(15)8-11(12)13/h4-5,8,12H,2-3,6-7,9H2,1H3,(H,16,17)/t12-/m0/s1. The zero-order valence-corrected chi connectivity index (χ0v) is 13.4. The minimum Gasteiger partial charge on any atom is -0.492 e. The van der Waals surface area contributed by atoms with Crippen molar-refractivity contribution in [3.63, 3.8) is 0 Å². The maximum atomic E-state index is 12.1. The number of halogens is 1. The average molecular weight is 344 g/mol. The molecule has 1 aromatic carbocycles. The second kappa shape index (κ2) is 7.20. The highest BCUT2D eigenvalue weighted by molar-refractivity contribution is 9.10. The largest absolute Gasteiger partial charge is 0.492 e. The van der Waals surface area contributed by atoms with Crippen molar-refractivity contribution in [2.24, 2.45) is 0 Å². The highest BCUT2D eigenvalue weighted by Crippen LogP contribution is 2.35. The SMILES string of the molecule is CSCCCCNC(=O)[C@H]1COc2ccc(Br)cc21. The van der Waals surface area contributed by atoms with E-state index >= 15 is 0 Å². The molecule has 1 N–H and O–H groups in total. The highest BCUT2D eigenvalue weighted by atomic mass is 79.9. The van der Waals surface area contributed by atoms with Crippen molar-refractivity contribution in [1.82, 2.24) is 5.32 Å². The number of amides is 1. The lowest BCUT2D eigenvalue weighted by Gasteiger charge is -2.10. The summed E-state index contributed by atoms with van der Waals surface area (Å²) in [7, 11) is 0. The lowest BCUT2D eigenvalue weighted by molar-refractivity contribution is -0.122. The lowest BCUT2D eigenvalue weighted by atomic mass is 10.0. The van der Waals surface area contributed by atoms with E-state index < -0.39 is 0 Å². The first-order valence-corrected chi connectivity index (χ1v) is 8.60. The van der Waals surface area contributed by atoms with Gasteiger partial charge in [0.1, 0.15) is 18.3 Å². The van der Waals surface area contributed by atoms with E-state index in [0.717, 1.165) is 40.9 Å². The second-order valence-electron chi connectivity index (χ2n) is 4.54. The van der Waals surface area contributed by atoms with Crippen molar-refractivity contribution in [2.45, 2.75) is 18.8 Å². The summed E-state index contributed by atoms with van der Waals surface area (Å²) in [5.41, 5.74) is 0.982. The van der Waals surface area contributed by atoms with Crippen molar-refractivity contribution in [3.05, 3.63) is 28.2 Å². The Morgan fingerprint density at radius 3 is 3.16 bits per heavy atom. The van der Waals surface area contributed by atoms with Crippen LogP contribution >= 0.6 is 27.7 Å². The van der Waals surface area contributed by atoms with Crippen molar-refractivity contribution in [1.29, 1.82) is 0 Å². The quantitative estimate of drug-likeness (QED) is 0.806. The fraction of sp³-hybridized carbons (Fsp3) is 0.500. The van der Waals surface area contributed by atoms with Crippen LogP contribution in [0.1, 0.15) is 24.3 Å². The van der Waals surface area contributed by atoms with Gasteiger partial charge in [-0.2, -0.15) is 11.8 Å². The molecule has 0 radical (unpaired) electrons. The summed E-state index contributed by atoms with van der Waals surface area (Å²) < 4.78 is 6.53. The number of hydrogen-bond donors (Lipinski definition) is 1. The van der Waals surface area contributed by atoms with E-state index in [1.165, 1.54) is 0 Å². The van der Waals surface area contributed by atoms with E-state index in [0.29, 0.717) is 6.61 Å². The van der Waals surface area contributed by atoms with E-state index in [2.05, 4.69) is 27.5 Å². The summed E-state index contributed by atoms with van der Waals surface area (Å²) >= 11 is 5.27. The molecule has 3 nitrogen and oxygen atoms in total. The summed E-state index contributed by atoms with van der Waals surface area (Å²) in [5.74, 6) is 1.87. The summed E-state index contributed by atoms with van der Waals surface area (Å²) in [5, 5.41) is 3.00. The number of carbonyl (C=O) groups is 1. The Morgan fingerprint density at radius 1 is 1.53 bits per heavy atom. The van der Waals surface area contributed by atoms with Gasteiger partial charge in [0.25, 0.3) is 0 Å². The number of rotatable bonds is 6. The first-order valence-electron chi connectivity index (χ1n) is 6.41. The molecule has 1 aliphatic heterocycles. The Bertz CT molecular complexity index is 453. The van der Waals surface area contributed by atoms with Gasteiger partial charge in [-0.05, 0) is 43.0 Å². The number of fused-ring (bicyclic) bond motifs is 1. The van der Waals surface area contributed by atoms with Crippen LogP contribution in [0, 0.1) is 0 Å². The van der Waals surface area contributed by atoms with E-state index in [4.69, 9.17) is 4.74 Å². The molecule has 1 atom stereocenters. The molecule has 0 spiro atoms. The molecular weight excluding hydrogens is 326 g/mol. The predicted octanol–water partition coefficient (Wildman–Crippen LogP) is 3.18. The number of nitrogens with one attached hydrogen (secondary N) is 1. The van der Waals surface area contributed by atoms with Gasteiger partial charge in [0.15, 0.2) is 0 Å². The van der Waals surface area contributed by atoms with Gasteiger partial charge in [-0.1, -0.05) is 15.9 Å². The third kappa shape index (κ3) is 3.89. The van der Waals surface area contributed by atoms with Crippen molar-refractivity contribution in [2.75, 3.05) is 25.2 Å². The Labute approximate surface area is 126 Å². The van der Waals surface area contributed by atoms with Crippen LogP contribution in [-0.2, 0) is 4.79 Å². The van der Waals surface area contributed by atoms with Crippen LogP contribution < -0.4 is 10.1 Å². The average Bonchev–Trinajstić information content (AvgIpc) is 2.81. The molecule has 0 saturated heterocycles. The third-order valence-electron chi connectivity index (χ3n) is 3.14. The zero-order valence-electron chi connectivity index (χ0n) is 10.9.